The molecule has 0 bridgehead atoms. The van der Waals surface area contributed by atoms with Crippen LogP contribution < -0.4 is 5.73 Å². The highest BCUT2D eigenvalue weighted by molar-refractivity contribution is 5.00. The molecule has 15 heavy (non-hydrogen) atoms. The first kappa shape index (κ1) is 12.4. The summed E-state index contributed by atoms with van der Waals surface area (Å²) in [5.41, 5.74) is 4.96. The van der Waals surface area contributed by atoms with Crippen LogP contribution >= 0.6 is 0 Å². The molecule has 4 nitrogen and oxygen atoms in total. The first-order valence-electron chi connectivity index (χ1n) is 5.53. The molecule has 0 aromatic carbocycles. The molecule has 1 heterocycles. The highest BCUT2D eigenvalue weighted by Gasteiger charge is 2.17. The molecule has 0 aliphatic carbocycles. The fourth-order valence-electron chi connectivity index (χ4n) is 1.59. The maximum Gasteiger partial charge on any atom is 0.101 e. The van der Waals surface area contributed by atoms with E-state index in [1.165, 1.54) is 0 Å². The Balaban J connectivity index is 1.95. The van der Waals surface area contributed by atoms with Crippen LogP contribution in [0.15, 0.2) is 0 Å². The number of hydrogen-bond donors (Lipinski definition) is 1. The SMILES string of the molecule is CC(N)(C#N)CCCOCC1CCCO1. The molecule has 1 fully saturated rings. The average molecular weight is 212 g/mol. The Morgan fingerprint density at radius 3 is 3.07 bits per heavy atom. The van der Waals surface area contributed by atoms with E-state index in [4.69, 9.17) is 20.5 Å². The topological polar surface area (TPSA) is 68.3 Å². The van der Waals surface area contributed by atoms with E-state index in [1.54, 1.807) is 6.92 Å². The minimum absolute atomic E-state index is 0.283. The lowest BCUT2D eigenvalue weighted by molar-refractivity contribution is 0.0156. The third-order valence-corrected chi connectivity index (χ3v) is 2.57. The van der Waals surface area contributed by atoms with Gasteiger partial charge in [0.25, 0.3) is 0 Å². The average Bonchev–Trinajstić information content (AvgIpc) is 2.70. The number of nitrogens with zero attached hydrogens (tertiary/aromatic N) is 1. The van der Waals surface area contributed by atoms with Gasteiger partial charge in [-0.15, -0.1) is 0 Å². The molecular weight excluding hydrogens is 192 g/mol. The number of ether oxygens (including phenoxy) is 2. The van der Waals surface area contributed by atoms with Crippen molar-refractivity contribution in [2.75, 3.05) is 19.8 Å². The van der Waals surface area contributed by atoms with Crippen LogP contribution in [0.5, 0.6) is 0 Å². The van der Waals surface area contributed by atoms with Crippen molar-refractivity contribution in [1.29, 1.82) is 5.26 Å². The molecule has 2 atom stereocenters. The fourth-order valence-corrected chi connectivity index (χ4v) is 1.59. The lowest BCUT2D eigenvalue weighted by Crippen LogP contribution is -2.34. The lowest BCUT2D eigenvalue weighted by Gasteiger charge is -2.15. The van der Waals surface area contributed by atoms with E-state index >= 15 is 0 Å². The number of nitrogens with two attached hydrogens (primary N) is 1. The molecule has 0 aromatic heterocycles. The molecule has 2 unspecified atom stereocenters. The number of rotatable bonds is 6. The maximum absolute atomic E-state index is 8.69. The van der Waals surface area contributed by atoms with Crippen molar-refractivity contribution in [1.82, 2.24) is 0 Å². The van der Waals surface area contributed by atoms with Crippen molar-refractivity contribution in [2.24, 2.45) is 5.73 Å². The summed E-state index contributed by atoms with van der Waals surface area (Å²) in [6.45, 7) is 3.94. The van der Waals surface area contributed by atoms with Crippen LogP contribution in [0.1, 0.15) is 32.6 Å². The molecule has 4 heteroatoms. The van der Waals surface area contributed by atoms with E-state index in [2.05, 4.69) is 6.07 Å². The second kappa shape index (κ2) is 6.06. The standard InChI is InChI=1S/C11H20N2O2/c1-11(13,9-12)5-3-6-14-8-10-4-2-7-15-10/h10H,2-8,13H2,1H3. The van der Waals surface area contributed by atoms with Gasteiger partial charge in [-0.25, -0.2) is 0 Å². The minimum atomic E-state index is -0.715. The highest BCUT2D eigenvalue weighted by atomic mass is 16.5. The molecule has 1 aliphatic heterocycles. The van der Waals surface area contributed by atoms with E-state index in [1.807, 2.05) is 0 Å². The van der Waals surface area contributed by atoms with E-state index in [-0.39, 0.29) is 6.10 Å². The van der Waals surface area contributed by atoms with E-state index < -0.39 is 5.54 Å². The van der Waals surface area contributed by atoms with Crippen LogP contribution in [0.25, 0.3) is 0 Å². The fraction of sp³-hybridized carbons (Fsp3) is 0.909. The first-order valence-corrected chi connectivity index (χ1v) is 5.53. The Labute approximate surface area is 91.3 Å². The Kier molecular flexibility index (Phi) is 5.03. The molecule has 0 saturated carbocycles. The van der Waals surface area contributed by atoms with Crippen LogP contribution in [0, 0.1) is 11.3 Å². The van der Waals surface area contributed by atoms with Gasteiger partial charge in [0.15, 0.2) is 0 Å². The van der Waals surface area contributed by atoms with Gasteiger partial charge in [-0.1, -0.05) is 0 Å². The lowest BCUT2D eigenvalue weighted by atomic mass is 10.00. The summed E-state index contributed by atoms with van der Waals surface area (Å²) < 4.78 is 10.9. The number of nitriles is 1. The number of hydrogen-bond acceptors (Lipinski definition) is 4. The summed E-state index contributed by atoms with van der Waals surface area (Å²) in [6.07, 6.45) is 4.03. The minimum Gasteiger partial charge on any atom is -0.379 e. The normalized spacial score (nSPS) is 24.7. The van der Waals surface area contributed by atoms with Gasteiger partial charge in [-0.2, -0.15) is 5.26 Å². The van der Waals surface area contributed by atoms with Gasteiger partial charge in [0, 0.05) is 13.2 Å². The Bertz CT molecular complexity index is 217. The zero-order valence-electron chi connectivity index (χ0n) is 9.37. The van der Waals surface area contributed by atoms with Crippen molar-refractivity contribution in [2.45, 2.75) is 44.2 Å². The molecular formula is C11H20N2O2. The Morgan fingerprint density at radius 1 is 1.67 bits per heavy atom. The summed E-state index contributed by atoms with van der Waals surface area (Å²) in [4.78, 5) is 0. The van der Waals surface area contributed by atoms with Gasteiger partial charge in [0.1, 0.15) is 5.54 Å². The van der Waals surface area contributed by atoms with Gasteiger partial charge in [-0.05, 0) is 32.6 Å². The van der Waals surface area contributed by atoms with Crippen LogP contribution in [0.4, 0.5) is 0 Å². The Hall–Kier alpha value is -0.630. The zero-order valence-corrected chi connectivity index (χ0v) is 9.37. The third kappa shape index (κ3) is 5.12. The van der Waals surface area contributed by atoms with Crippen molar-refractivity contribution in [3.63, 3.8) is 0 Å². The molecule has 86 valence electrons. The maximum atomic E-state index is 8.69. The van der Waals surface area contributed by atoms with E-state index in [9.17, 15) is 0 Å². The van der Waals surface area contributed by atoms with Gasteiger partial charge in [0.05, 0.1) is 18.8 Å². The molecule has 0 aromatic rings. The van der Waals surface area contributed by atoms with Gasteiger partial charge in [0.2, 0.25) is 0 Å². The van der Waals surface area contributed by atoms with Gasteiger partial charge >= 0.3 is 0 Å². The van der Waals surface area contributed by atoms with E-state index in [0.29, 0.717) is 19.6 Å². The van der Waals surface area contributed by atoms with Gasteiger partial charge in [-0.3, -0.25) is 0 Å². The highest BCUT2D eigenvalue weighted by Crippen LogP contribution is 2.12. The summed E-state index contributed by atoms with van der Waals surface area (Å²) in [5.74, 6) is 0. The summed E-state index contributed by atoms with van der Waals surface area (Å²) in [5, 5.41) is 8.69. The van der Waals surface area contributed by atoms with Crippen molar-refractivity contribution in [3.05, 3.63) is 0 Å². The first-order chi connectivity index (χ1) is 7.14. The quantitative estimate of drug-likeness (QED) is 0.672. The molecule has 0 amide bonds. The van der Waals surface area contributed by atoms with Crippen LogP contribution in [-0.2, 0) is 9.47 Å². The van der Waals surface area contributed by atoms with Crippen LogP contribution in [0.2, 0.25) is 0 Å². The molecule has 1 aliphatic rings. The van der Waals surface area contributed by atoms with Crippen molar-refractivity contribution in [3.8, 4) is 6.07 Å². The second-order valence-corrected chi connectivity index (χ2v) is 4.34. The molecule has 1 rings (SSSR count). The smallest absolute Gasteiger partial charge is 0.101 e. The molecule has 0 spiro atoms. The van der Waals surface area contributed by atoms with Crippen LogP contribution in [0.3, 0.4) is 0 Å². The monoisotopic (exact) mass is 212 g/mol. The van der Waals surface area contributed by atoms with Crippen molar-refractivity contribution >= 4 is 0 Å². The Morgan fingerprint density at radius 2 is 2.47 bits per heavy atom. The predicted octanol–water partition coefficient (Wildman–Crippen LogP) is 1.20. The van der Waals surface area contributed by atoms with Crippen LogP contribution in [-0.4, -0.2) is 31.5 Å². The molecule has 2 N–H and O–H groups in total. The zero-order chi connectivity index (χ0) is 11.1. The van der Waals surface area contributed by atoms with Crippen molar-refractivity contribution < 1.29 is 9.47 Å². The molecule has 1 saturated heterocycles. The van der Waals surface area contributed by atoms with Gasteiger partial charge < -0.3 is 15.2 Å². The second-order valence-electron chi connectivity index (χ2n) is 4.34. The third-order valence-electron chi connectivity index (χ3n) is 2.57. The summed E-state index contributed by atoms with van der Waals surface area (Å²) in [7, 11) is 0. The van der Waals surface area contributed by atoms with E-state index in [0.717, 1.165) is 25.9 Å². The summed E-state index contributed by atoms with van der Waals surface area (Å²) in [6, 6.07) is 2.07. The largest absolute Gasteiger partial charge is 0.379 e. The summed E-state index contributed by atoms with van der Waals surface area (Å²) >= 11 is 0. The molecule has 0 radical (unpaired) electrons. The predicted molar refractivity (Wildman–Crippen MR) is 57.2 cm³/mol.